The van der Waals surface area contributed by atoms with Crippen molar-refractivity contribution in [2.75, 3.05) is 6.61 Å². The second-order valence-electron chi connectivity index (χ2n) is 11.4. The van der Waals surface area contributed by atoms with E-state index in [0.717, 1.165) is 57.1 Å². The predicted octanol–water partition coefficient (Wildman–Crippen LogP) is 4.53. The van der Waals surface area contributed by atoms with Crippen LogP contribution < -0.4 is 11.1 Å². The van der Waals surface area contributed by atoms with Crippen molar-refractivity contribution < 1.29 is 38.1 Å². The van der Waals surface area contributed by atoms with Gasteiger partial charge in [-0.3, -0.25) is 19.4 Å². The number of aliphatic carboxylic acids is 1. The molecule has 5 rings (SSSR count). The van der Waals surface area contributed by atoms with E-state index in [2.05, 4.69) is 25.4 Å². The average molecular weight is 688 g/mol. The molecule has 0 aromatic carbocycles. The van der Waals surface area contributed by atoms with E-state index in [9.17, 15) is 28.3 Å². The summed E-state index contributed by atoms with van der Waals surface area (Å²) in [4.78, 5) is 49.8. The summed E-state index contributed by atoms with van der Waals surface area (Å²) in [7, 11) is 0. The lowest BCUT2D eigenvalue weighted by Gasteiger charge is -2.26. The molecule has 2 fully saturated rings. The second-order valence-corrected chi connectivity index (χ2v) is 12.2. The van der Waals surface area contributed by atoms with Crippen LogP contribution in [0.2, 0.25) is 0 Å². The van der Waals surface area contributed by atoms with Crippen molar-refractivity contribution in [1.29, 1.82) is 0 Å². The largest absolute Gasteiger partial charge is 0.481 e. The number of aliphatic hydroxyl groups excluding tert-OH is 1. The van der Waals surface area contributed by atoms with E-state index in [1.54, 1.807) is 13.1 Å². The van der Waals surface area contributed by atoms with Gasteiger partial charge in [0.05, 0.1) is 35.5 Å². The van der Waals surface area contributed by atoms with Crippen LogP contribution in [-0.2, 0) is 21.1 Å². The molecule has 0 bridgehead atoms. The lowest BCUT2D eigenvalue weighted by Crippen LogP contribution is -2.34. The zero-order valence-electron chi connectivity index (χ0n) is 26.5. The van der Waals surface area contributed by atoms with Crippen LogP contribution in [0, 0.1) is 23.6 Å². The maximum absolute atomic E-state index is 14.5. The molecule has 3 heterocycles. The minimum absolute atomic E-state index is 0.0201. The van der Waals surface area contributed by atoms with E-state index in [1.807, 2.05) is 0 Å². The van der Waals surface area contributed by atoms with Gasteiger partial charge in [0.1, 0.15) is 16.4 Å². The van der Waals surface area contributed by atoms with E-state index >= 15 is 0 Å². The van der Waals surface area contributed by atoms with E-state index in [1.165, 1.54) is 33.8 Å². The topological polar surface area (TPSA) is 195 Å². The molecular weight excluding hydrogens is 648 g/mol. The third kappa shape index (κ3) is 9.73. The van der Waals surface area contributed by atoms with Gasteiger partial charge in [0.2, 0.25) is 5.95 Å². The Kier molecular flexibility index (Phi) is 13.3. The molecule has 0 radical (unpaired) electrons. The summed E-state index contributed by atoms with van der Waals surface area (Å²) >= 11 is 1.17. The quantitative estimate of drug-likeness (QED) is 0.134. The van der Waals surface area contributed by atoms with E-state index in [-0.39, 0.29) is 36.5 Å². The lowest BCUT2D eigenvalue weighted by atomic mass is 9.79. The number of ether oxygens (including phenoxy) is 1. The molecule has 2 aliphatic carbocycles. The molecule has 5 N–H and O–H groups in total. The highest BCUT2D eigenvalue weighted by molar-refractivity contribution is 7.13. The summed E-state index contributed by atoms with van der Waals surface area (Å²) in [5, 5.41) is 25.8. The first-order valence-corrected chi connectivity index (χ1v) is 16.6. The minimum atomic E-state index is -0.999. The number of pyridine rings is 1. The fraction of sp³-hybridized carbons (Fsp3) is 0.469. The molecule has 3 aromatic rings. The molecule has 2 unspecified atom stereocenters. The number of nitrogens with two attached hydrogens (primary N) is 1. The number of hydrogen-bond acceptors (Lipinski definition) is 11. The van der Waals surface area contributed by atoms with Crippen LogP contribution in [0.15, 0.2) is 40.6 Å². The standard InChI is InChI=1S/C30H33F2N7O5S.C2H6O/c31-21-10-11-24(32)38-26(21)25(33)22(13-34-18-6-2-1-3-7-18)36-27(40)23-15-45-28(37-23)17-12-35-39(14-17)16-44-30(43)20-9-5-4-8-19(20)29(41)42;1-2-3/h10-15,18-20H,1-9,16,33H2,(H,36,40)(H,41,42);3H,2H2,1H3/b25-22+,34-13?;. The summed E-state index contributed by atoms with van der Waals surface area (Å²) in [6.45, 7) is 1.72. The van der Waals surface area contributed by atoms with Gasteiger partial charge in [0.15, 0.2) is 12.5 Å². The fourth-order valence-electron chi connectivity index (χ4n) is 5.50. The van der Waals surface area contributed by atoms with Gasteiger partial charge in [-0.2, -0.15) is 9.49 Å². The first-order chi connectivity index (χ1) is 23.1. The number of carbonyl (C=O) groups excluding carboxylic acids is 2. The molecular formula is C32H39F2N7O6S. The highest BCUT2D eigenvalue weighted by Gasteiger charge is 2.36. The van der Waals surface area contributed by atoms with Crippen molar-refractivity contribution in [3.05, 3.63) is 58.8 Å². The second kappa shape index (κ2) is 17.5. The van der Waals surface area contributed by atoms with Gasteiger partial charge in [-0.25, -0.2) is 19.0 Å². The number of aliphatic hydroxyl groups is 1. The average Bonchev–Trinajstić information content (AvgIpc) is 3.78. The molecule has 2 atom stereocenters. The third-order valence-electron chi connectivity index (χ3n) is 7.94. The lowest BCUT2D eigenvalue weighted by molar-refractivity contribution is -0.162. The monoisotopic (exact) mass is 687 g/mol. The predicted molar refractivity (Wildman–Crippen MR) is 173 cm³/mol. The number of aliphatic imine (C=N–C) groups is 1. The number of rotatable bonds is 10. The Hall–Kier alpha value is -4.57. The Bertz CT molecular complexity index is 1640. The maximum atomic E-state index is 14.5. The van der Waals surface area contributed by atoms with Gasteiger partial charge in [-0.05, 0) is 44.7 Å². The summed E-state index contributed by atoms with van der Waals surface area (Å²) in [6.07, 6.45) is 11.8. The maximum Gasteiger partial charge on any atom is 0.311 e. The number of halogens is 2. The van der Waals surface area contributed by atoms with Crippen LogP contribution in [0.3, 0.4) is 0 Å². The van der Waals surface area contributed by atoms with E-state index < -0.39 is 47.1 Å². The number of nitrogens with one attached hydrogen (secondary N) is 1. The SMILES string of the molecule is CCO.N/C(=C(\C=NC1CCCCC1)NC(=O)c1csc(-c2cnn(COC(=O)C3CCCCC3C(=O)O)c2)n1)c1nc(F)ccc1F. The molecule has 2 saturated carbocycles. The Balaban J connectivity index is 0.00000167. The van der Waals surface area contributed by atoms with Crippen LogP contribution in [0.1, 0.15) is 80.9 Å². The first-order valence-electron chi connectivity index (χ1n) is 15.8. The highest BCUT2D eigenvalue weighted by Crippen LogP contribution is 2.31. The van der Waals surface area contributed by atoms with Gasteiger partial charge in [-0.15, -0.1) is 11.3 Å². The summed E-state index contributed by atoms with van der Waals surface area (Å²) in [5.74, 6) is -5.46. The van der Waals surface area contributed by atoms with Crippen LogP contribution in [0.5, 0.6) is 0 Å². The molecule has 48 heavy (non-hydrogen) atoms. The number of aromatic nitrogens is 4. The third-order valence-corrected chi connectivity index (χ3v) is 8.83. The van der Waals surface area contributed by atoms with Gasteiger partial charge in [-0.1, -0.05) is 32.1 Å². The summed E-state index contributed by atoms with van der Waals surface area (Å²) < 4.78 is 35.1. The Morgan fingerprint density at radius 3 is 2.50 bits per heavy atom. The van der Waals surface area contributed by atoms with Gasteiger partial charge in [0, 0.05) is 30.0 Å². The van der Waals surface area contributed by atoms with Crippen LogP contribution in [0.25, 0.3) is 16.3 Å². The van der Waals surface area contributed by atoms with Crippen LogP contribution in [0.4, 0.5) is 8.78 Å². The number of carbonyl (C=O) groups is 3. The molecule has 0 aliphatic heterocycles. The van der Waals surface area contributed by atoms with Crippen molar-refractivity contribution in [1.82, 2.24) is 25.1 Å². The van der Waals surface area contributed by atoms with Crippen molar-refractivity contribution in [3.63, 3.8) is 0 Å². The summed E-state index contributed by atoms with van der Waals surface area (Å²) in [6, 6.07) is 1.79. The number of hydrogen-bond donors (Lipinski definition) is 4. The van der Waals surface area contributed by atoms with Gasteiger partial charge in [0.25, 0.3) is 5.91 Å². The molecule has 0 saturated heterocycles. The fourth-order valence-corrected chi connectivity index (χ4v) is 6.28. The molecule has 13 nitrogen and oxygen atoms in total. The molecule has 1 amide bonds. The summed E-state index contributed by atoms with van der Waals surface area (Å²) in [5.41, 5.74) is 6.00. The van der Waals surface area contributed by atoms with Gasteiger partial charge >= 0.3 is 11.9 Å². The number of thiazole rings is 1. The number of allylic oxidation sites excluding steroid dienone is 1. The number of carboxylic acids is 1. The zero-order chi connectivity index (χ0) is 34.6. The van der Waals surface area contributed by atoms with Crippen molar-refractivity contribution in [2.45, 2.75) is 77.5 Å². The molecule has 16 heteroatoms. The number of nitrogens with zero attached hydrogens (tertiary/aromatic N) is 5. The minimum Gasteiger partial charge on any atom is -0.481 e. The number of amides is 1. The van der Waals surface area contributed by atoms with Gasteiger partial charge < -0.3 is 26.0 Å². The highest BCUT2D eigenvalue weighted by atomic mass is 32.1. The number of esters is 1. The molecule has 258 valence electrons. The Morgan fingerprint density at radius 2 is 1.79 bits per heavy atom. The van der Waals surface area contributed by atoms with Crippen molar-refractivity contribution >= 4 is 41.1 Å². The van der Waals surface area contributed by atoms with Crippen LogP contribution >= 0.6 is 11.3 Å². The van der Waals surface area contributed by atoms with E-state index in [0.29, 0.717) is 23.4 Å². The van der Waals surface area contributed by atoms with Crippen molar-refractivity contribution in [2.24, 2.45) is 22.6 Å². The van der Waals surface area contributed by atoms with Crippen LogP contribution in [-0.4, -0.2) is 66.7 Å². The Morgan fingerprint density at radius 1 is 1.10 bits per heavy atom. The molecule has 2 aliphatic rings. The number of carboxylic acid groups (broad SMARTS) is 1. The first kappa shape index (κ1) is 36.3. The Labute approximate surface area is 280 Å². The molecule has 0 spiro atoms. The van der Waals surface area contributed by atoms with E-state index in [4.69, 9.17) is 15.6 Å². The normalized spacial score (nSPS) is 18.8. The zero-order valence-corrected chi connectivity index (χ0v) is 27.3. The molecule has 3 aromatic heterocycles. The van der Waals surface area contributed by atoms with Crippen molar-refractivity contribution in [3.8, 4) is 10.6 Å². The smallest absolute Gasteiger partial charge is 0.311 e.